The Bertz CT molecular complexity index is 156. The van der Waals surface area contributed by atoms with Crippen LogP contribution in [0.5, 0.6) is 0 Å². The molecule has 0 fully saturated rings. The van der Waals surface area contributed by atoms with Crippen molar-refractivity contribution < 1.29 is 0 Å². The Morgan fingerprint density at radius 1 is 1.70 bits per heavy atom. The monoisotopic (exact) mass is 137 g/mol. The maximum atomic E-state index is 4.10. The summed E-state index contributed by atoms with van der Waals surface area (Å²) in [6.45, 7) is 2.18. The Morgan fingerprint density at radius 3 is 3.20 bits per heavy atom. The molecule has 0 aliphatic heterocycles. The van der Waals surface area contributed by atoms with Gasteiger partial charge in [-0.3, -0.25) is 0 Å². The average molecular weight is 137 g/mol. The molecule has 0 aromatic carbocycles. The Morgan fingerprint density at radius 2 is 2.60 bits per heavy atom. The van der Waals surface area contributed by atoms with Crippen molar-refractivity contribution in [3.8, 4) is 0 Å². The van der Waals surface area contributed by atoms with E-state index in [1.165, 1.54) is 12.8 Å². The van der Waals surface area contributed by atoms with Gasteiger partial charge in [-0.15, -0.1) is 0 Å². The Labute approximate surface area is 61.7 Å². The van der Waals surface area contributed by atoms with E-state index in [0.29, 0.717) is 0 Å². The first-order valence-corrected chi connectivity index (χ1v) is 3.73. The normalized spacial score (nSPS) is 10.1. The molecule has 0 amide bonds. The summed E-state index contributed by atoms with van der Waals surface area (Å²) < 4.78 is 0. The number of H-pyrrole nitrogens is 1. The second-order valence-corrected chi connectivity index (χ2v) is 2.32. The zero-order valence-electron chi connectivity index (χ0n) is 6.30. The van der Waals surface area contributed by atoms with Crippen LogP contribution in [0.3, 0.4) is 0 Å². The van der Waals surface area contributed by atoms with Gasteiger partial charge in [-0.05, 0) is 6.42 Å². The lowest BCUT2D eigenvalue weighted by Gasteiger charge is -1.92. The summed E-state index contributed by atoms with van der Waals surface area (Å²) in [5, 5.41) is 0. The fourth-order valence-electron chi connectivity index (χ4n) is 0.853. The molecule has 1 aromatic heterocycles. The summed E-state index contributed by atoms with van der Waals surface area (Å²) >= 11 is 0. The minimum atomic E-state index is 0.973. The van der Waals surface area contributed by atoms with Crippen LogP contribution in [0.15, 0.2) is 12.4 Å². The molecule has 0 spiro atoms. The van der Waals surface area contributed by atoms with Gasteiger partial charge in [-0.2, -0.15) is 0 Å². The van der Waals surface area contributed by atoms with E-state index in [1.807, 2.05) is 6.20 Å². The van der Waals surface area contributed by atoms with Crippen molar-refractivity contribution in [1.29, 1.82) is 0 Å². The maximum absolute atomic E-state index is 4.10. The Kier molecular flexibility index (Phi) is 3.00. The third-order valence-electron chi connectivity index (χ3n) is 1.39. The van der Waals surface area contributed by atoms with E-state index >= 15 is 0 Å². The highest BCUT2D eigenvalue weighted by molar-refractivity contribution is 4.91. The van der Waals surface area contributed by atoms with Gasteiger partial charge in [0.15, 0.2) is 0 Å². The standard InChI is InChI=1S/C8H13N2/c1-2-3-4-5-8-9-6-7-10-8/h4,6-7H,2-3,5H2,1H3,(H,9,10). The third-order valence-corrected chi connectivity index (χ3v) is 1.39. The number of hydrogen-bond donors (Lipinski definition) is 1. The number of unbranched alkanes of at least 4 members (excludes halogenated alkanes) is 2. The van der Waals surface area contributed by atoms with Gasteiger partial charge in [-0.25, -0.2) is 4.98 Å². The van der Waals surface area contributed by atoms with Gasteiger partial charge in [0.2, 0.25) is 0 Å². The summed E-state index contributed by atoms with van der Waals surface area (Å²) in [7, 11) is 0. The molecule has 55 valence electrons. The number of nitrogens with zero attached hydrogens (tertiary/aromatic N) is 1. The number of rotatable bonds is 4. The van der Waals surface area contributed by atoms with Crippen molar-refractivity contribution in [3.05, 3.63) is 24.6 Å². The van der Waals surface area contributed by atoms with E-state index in [2.05, 4.69) is 23.3 Å². The van der Waals surface area contributed by atoms with Gasteiger partial charge in [0.1, 0.15) is 5.82 Å². The second kappa shape index (κ2) is 4.09. The SMILES string of the molecule is CCC[CH]Cc1ncc[nH]1. The van der Waals surface area contributed by atoms with E-state index in [1.54, 1.807) is 6.20 Å². The summed E-state index contributed by atoms with van der Waals surface area (Å²) in [5.74, 6) is 1.06. The molecule has 2 nitrogen and oxygen atoms in total. The lowest BCUT2D eigenvalue weighted by atomic mass is 10.2. The molecule has 2 heteroatoms. The molecule has 1 aromatic rings. The molecule has 0 unspecified atom stereocenters. The molecule has 1 radical (unpaired) electrons. The Hall–Kier alpha value is -0.790. The van der Waals surface area contributed by atoms with Gasteiger partial charge >= 0.3 is 0 Å². The number of nitrogens with one attached hydrogen (secondary N) is 1. The van der Waals surface area contributed by atoms with Crippen LogP contribution in [0.4, 0.5) is 0 Å². The van der Waals surface area contributed by atoms with Crippen molar-refractivity contribution in [3.63, 3.8) is 0 Å². The largest absolute Gasteiger partial charge is 0.349 e. The highest BCUT2D eigenvalue weighted by Crippen LogP contribution is 1.98. The van der Waals surface area contributed by atoms with E-state index in [0.717, 1.165) is 12.2 Å². The van der Waals surface area contributed by atoms with Gasteiger partial charge in [-0.1, -0.05) is 19.8 Å². The van der Waals surface area contributed by atoms with Crippen molar-refractivity contribution in [2.45, 2.75) is 26.2 Å². The van der Waals surface area contributed by atoms with Crippen molar-refractivity contribution in [1.82, 2.24) is 9.97 Å². The predicted molar refractivity (Wildman–Crippen MR) is 41.5 cm³/mol. The number of aromatic nitrogens is 2. The van der Waals surface area contributed by atoms with E-state index in [-0.39, 0.29) is 0 Å². The minimum Gasteiger partial charge on any atom is -0.349 e. The Balaban J connectivity index is 2.15. The molecule has 10 heavy (non-hydrogen) atoms. The molecule has 0 saturated heterocycles. The van der Waals surface area contributed by atoms with Crippen LogP contribution in [0.2, 0.25) is 0 Å². The first-order valence-electron chi connectivity index (χ1n) is 3.73. The topological polar surface area (TPSA) is 28.7 Å². The summed E-state index contributed by atoms with van der Waals surface area (Å²) in [5.41, 5.74) is 0. The van der Waals surface area contributed by atoms with Crippen LogP contribution in [0, 0.1) is 6.42 Å². The molecular formula is C8H13N2. The van der Waals surface area contributed by atoms with Gasteiger partial charge in [0, 0.05) is 18.8 Å². The highest BCUT2D eigenvalue weighted by Gasteiger charge is 1.92. The minimum absolute atomic E-state index is 0.973. The van der Waals surface area contributed by atoms with E-state index in [9.17, 15) is 0 Å². The smallest absolute Gasteiger partial charge is 0.106 e. The van der Waals surface area contributed by atoms with Crippen molar-refractivity contribution in [2.24, 2.45) is 0 Å². The van der Waals surface area contributed by atoms with Crippen LogP contribution < -0.4 is 0 Å². The maximum Gasteiger partial charge on any atom is 0.106 e. The van der Waals surface area contributed by atoms with Crippen LogP contribution in [0.25, 0.3) is 0 Å². The quantitative estimate of drug-likeness (QED) is 0.631. The molecule has 0 atom stereocenters. The molecule has 1 rings (SSSR count). The molecule has 0 aliphatic carbocycles. The number of hydrogen-bond acceptors (Lipinski definition) is 1. The third kappa shape index (κ3) is 2.21. The molecule has 0 bridgehead atoms. The lowest BCUT2D eigenvalue weighted by Crippen LogP contribution is -1.87. The van der Waals surface area contributed by atoms with Gasteiger partial charge < -0.3 is 4.98 Å². The van der Waals surface area contributed by atoms with Crippen LogP contribution in [-0.2, 0) is 6.42 Å². The molecule has 1 N–H and O–H groups in total. The second-order valence-electron chi connectivity index (χ2n) is 2.32. The van der Waals surface area contributed by atoms with E-state index < -0.39 is 0 Å². The highest BCUT2D eigenvalue weighted by atomic mass is 14.9. The average Bonchev–Trinajstić information content (AvgIpc) is 2.41. The van der Waals surface area contributed by atoms with Gasteiger partial charge in [0.05, 0.1) is 0 Å². The first-order chi connectivity index (χ1) is 4.93. The molecule has 0 aliphatic rings. The van der Waals surface area contributed by atoms with Crippen molar-refractivity contribution in [2.75, 3.05) is 0 Å². The summed E-state index contributed by atoms with van der Waals surface area (Å²) in [4.78, 5) is 7.15. The molecular weight excluding hydrogens is 124 g/mol. The van der Waals surface area contributed by atoms with Crippen LogP contribution >= 0.6 is 0 Å². The fraction of sp³-hybridized carbons (Fsp3) is 0.500. The number of aromatic amines is 1. The lowest BCUT2D eigenvalue weighted by molar-refractivity contribution is 0.842. The first kappa shape index (κ1) is 7.32. The number of imidazole rings is 1. The zero-order valence-corrected chi connectivity index (χ0v) is 6.30. The summed E-state index contributed by atoms with van der Waals surface area (Å²) in [6.07, 6.45) is 9.27. The predicted octanol–water partition coefficient (Wildman–Crippen LogP) is 1.96. The molecule has 0 saturated carbocycles. The summed E-state index contributed by atoms with van der Waals surface area (Å²) in [6, 6.07) is 0. The zero-order chi connectivity index (χ0) is 7.23. The van der Waals surface area contributed by atoms with Crippen LogP contribution in [0.1, 0.15) is 25.6 Å². The molecule has 1 heterocycles. The van der Waals surface area contributed by atoms with Crippen LogP contribution in [-0.4, -0.2) is 9.97 Å². The van der Waals surface area contributed by atoms with E-state index in [4.69, 9.17) is 0 Å². The van der Waals surface area contributed by atoms with Crippen molar-refractivity contribution >= 4 is 0 Å². The van der Waals surface area contributed by atoms with Gasteiger partial charge in [0.25, 0.3) is 0 Å². The fourth-order valence-corrected chi connectivity index (χ4v) is 0.853.